The highest BCUT2D eigenvalue weighted by atomic mass is 14.1. The van der Waals surface area contributed by atoms with Gasteiger partial charge in [-0.3, -0.25) is 0 Å². The molecule has 1 aliphatic carbocycles. The van der Waals surface area contributed by atoms with Gasteiger partial charge in [0.05, 0.1) is 0 Å². The van der Waals surface area contributed by atoms with E-state index in [0.29, 0.717) is 5.92 Å². The number of hydrogen-bond acceptors (Lipinski definition) is 0. The Hall–Kier alpha value is -1.30. The summed E-state index contributed by atoms with van der Waals surface area (Å²) >= 11 is 0. The first-order chi connectivity index (χ1) is 6.38. The molecular weight excluding hydrogens is 156 g/mol. The van der Waals surface area contributed by atoms with Gasteiger partial charge in [-0.25, -0.2) is 0 Å². The third-order valence-corrected chi connectivity index (χ3v) is 2.57. The van der Waals surface area contributed by atoms with E-state index in [2.05, 4.69) is 55.5 Å². The van der Waals surface area contributed by atoms with Gasteiger partial charge in [0.15, 0.2) is 0 Å². The monoisotopic (exact) mass is 170 g/mol. The molecule has 66 valence electrons. The molecule has 1 aromatic carbocycles. The number of hydrogen-bond donors (Lipinski definition) is 0. The van der Waals surface area contributed by atoms with Crippen molar-refractivity contribution in [2.24, 2.45) is 0 Å². The second-order valence-corrected chi connectivity index (χ2v) is 3.51. The van der Waals surface area contributed by atoms with Crippen molar-refractivity contribution >= 4 is 0 Å². The fraction of sp³-hybridized carbons (Fsp3) is 0.231. The van der Waals surface area contributed by atoms with E-state index >= 15 is 0 Å². The van der Waals surface area contributed by atoms with Gasteiger partial charge in [0.1, 0.15) is 0 Å². The topological polar surface area (TPSA) is 0 Å². The lowest BCUT2D eigenvalue weighted by atomic mass is 9.90. The van der Waals surface area contributed by atoms with E-state index in [0.717, 1.165) is 6.42 Å². The lowest BCUT2D eigenvalue weighted by Gasteiger charge is -2.15. The molecule has 1 aromatic rings. The normalized spacial score (nSPS) is 20.5. The zero-order valence-corrected chi connectivity index (χ0v) is 7.90. The highest BCUT2D eigenvalue weighted by molar-refractivity contribution is 5.34. The quantitative estimate of drug-likeness (QED) is 0.604. The molecule has 0 heteroatoms. The van der Waals surface area contributed by atoms with Crippen LogP contribution >= 0.6 is 0 Å². The molecule has 0 saturated heterocycles. The van der Waals surface area contributed by atoms with Gasteiger partial charge in [0, 0.05) is 5.92 Å². The Morgan fingerprint density at radius 3 is 2.69 bits per heavy atom. The lowest BCUT2D eigenvalue weighted by molar-refractivity contribution is 0.845. The molecule has 1 atom stereocenters. The van der Waals surface area contributed by atoms with E-state index in [1.165, 1.54) is 11.1 Å². The van der Waals surface area contributed by atoms with E-state index in [1.807, 2.05) is 0 Å². The van der Waals surface area contributed by atoms with Crippen LogP contribution in [0, 0.1) is 6.92 Å². The van der Waals surface area contributed by atoms with Crippen molar-refractivity contribution in [3.05, 3.63) is 59.7 Å². The minimum absolute atomic E-state index is 0.589. The number of benzene rings is 1. The second-order valence-electron chi connectivity index (χ2n) is 3.51. The Balaban J connectivity index is 2.30. The van der Waals surface area contributed by atoms with E-state index in [1.54, 1.807) is 0 Å². The molecule has 0 radical (unpaired) electrons. The molecule has 0 fully saturated rings. The predicted octanol–water partition coefficient (Wildman–Crippen LogP) is 3.59. The van der Waals surface area contributed by atoms with Crippen LogP contribution in [0.3, 0.4) is 0 Å². The third kappa shape index (κ3) is 1.72. The first kappa shape index (κ1) is 8.31. The number of allylic oxidation sites excluding steroid dienone is 4. The minimum Gasteiger partial charge on any atom is -0.0836 e. The van der Waals surface area contributed by atoms with Crippen molar-refractivity contribution in [2.45, 2.75) is 19.3 Å². The molecule has 0 saturated carbocycles. The van der Waals surface area contributed by atoms with Gasteiger partial charge in [-0.1, -0.05) is 48.6 Å². The summed E-state index contributed by atoms with van der Waals surface area (Å²) in [5.41, 5.74) is 2.86. The number of aryl methyl sites for hydroxylation is 1. The predicted molar refractivity (Wildman–Crippen MR) is 56.8 cm³/mol. The Morgan fingerprint density at radius 1 is 1.15 bits per heavy atom. The van der Waals surface area contributed by atoms with Crippen LogP contribution < -0.4 is 0 Å². The molecule has 1 aliphatic rings. The van der Waals surface area contributed by atoms with Gasteiger partial charge in [0.2, 0.25) is 0 Å². The Morgan fingerprint density at radius 2 is 2.00 bits per heavy atom. The van der Waals surface area contributed by atoms with Crippen LogP contribution in [0.4, 0.5) is 0 Å². The van der Waals surface area contributed by atoms with Crippen LogP contribution in [0.5, 0.6) is 0 Å². The molecule has 0 aliphatic heterocycles. The van der Waals surface area contributed by atoms with Crippen molar-refractivity contribution in [1.82, 2.24) is 0 Å². The maximum absolute atomic E-state index is 2.28. The first-order valence-corrected chi connectivity index (χ1v) is 4.77. The fourth-order valence-electron chi connectivity index (χ4n) is 1.81. The molecule has 0 heterocycles. The van der Waals surface area contributed by atoms with E-state index in [4.69, 9.17) is 0 Å². The van der Waals surface area contributed by atoms with Crippen LogP contribution in [-0.2, 0) is 0 Å². The van der Waals surface area contributed by atoms with Crippen molar-refractivity contribution in [3.8, 4) is 0 Å². The van der Waals surface area contributed by atoms with Crippen molar-refractivity contribution in [2.75, 3.05) is 0 Å². The van der Waals surface area contributed by atoms with Crippen LogP contribution in [0.15, 0.2) is 48.6 Å². The third-order valence-electron chi connectivity index (χ3n) is 2.57. The highest BCUT2D eigenvalue weighted by Crippen LogP contribution is 2.26. The van der Waals surface area contributed by atoms with Crippen LogP contribution in [0.2, 0.25) is 0 Å². The van der Waals surface area contributed by atoms with Crippen LogP contribution in [-0.4, -0.2) is 0 Å². The molecule has 0 aromatic heterocycles. The standard InChI is InChI=1S/C13H14/c1-11-7-5-6-10-13(11)12-8-3-2-4-9-12/h2-8,10,12H,9H2,1H3. The van der Waals surface area contributed by atoms with Gasteiger partial charge in [-0.2, -0.15) is 0 Å². The molecule has 1 unspecified atom stereocenters. The van der Waals surface area contributed by atoms with Crippen molar-refractivity contribution in [1.29, 1.82) is 0 Å². The molecule has 0 nitrogen and oxygen atoms in total. The molecule has 0 amide bonds. The highest BCUT2D eigenvalue weighted by Gasteiger charge is 2.09. The largest absolute Gasteiger partial charge is 0.0836 e. The van der Waals surface area contributed by atoms with E-state index < -0.39 is 0 Å². The summed E-state index contributed by atoms with van der Waals surface area (Å²) in [6.45, 7) is 2.18. The molecule has 2 rings (SSSR count). The SMILES string of the molecule is Cc1ccccc1C1C=CC=CC1. The molecular formula is C13H14. The number of rotatable bonds is 1. The van der Waals surface area contributed by atoms with Gasteiger partial charge in [-0.05, 0) is 24.5 Å². The molecule has 0 spiro atoms. The van der Waals surface area contributed by atoms with Crippen LogP contribution in [0.25, 0.3) is 0 Å². The zero-order chi connectivity index (χ0) is 9.10. The summed E-state index contributed by atoms with van der Waals surface area (Å²) in [5, 5.41) is 0. The molecule has 0 bridgehead atoms. The van der Waals surface area contributed by atoms with Crippen LogP contribution in [0.1, 0.15) is 23.5 Å². The maximum atomic E-state index is 2.28. The van der Waals surface area contributed by atoms with E-state index in [9.17, 15) is 0 Å². The first-order valence-electron chi connectivity index (χ1n) is 4.77. The summed E-state index contributed by atoms with van der Waals surface area (Å²) < 4.78 is 0. The van der Waals surface area contributed by atoms with Gasteiger partial charge in [-0.15, -0.1) is 0 Å². The van der Waals surface area contributed by atoms with Crippen molar-refractivity contribution < 1.29 is 0 Å². The van der Waals surface area contributed by atoms with Crippen molar-refractivity contribution in [3.63, 3.8) is 0 Å². The average molecular weight is 170 g/mol. The Bertz CT molecular complexity index is 345. The minimum atomic E-state index is 0.589. The molecule has 0 N–H and O–H groups in total. The summed E-state index contributed by atoms with van der Waals surface area (Å²) in [6, 6.07) is 8.63. The lowest BCUT2D eigenvalue weighted by Crippen LogP contribution is -1.98. The van der Waals surface area contributed by atoms with E-state index in [-0.39, 0.29) is 0 Å². The van der Waals surface area contributed by atoms with Gasteiger partial charge < -0.3 is 0 Å². The van der Waals surface area contributed by atoms with Gasteiger partial charge in [0.25, 0.3) is 0 Å². The molecule has 13 heavy (non-hydrogen) atoms. The second kappa shape index (κ2) is 3.61. The summed E-state index contributed by atoms with van der Waals surface area (Å²) in [6.07, 6.45) is 9.91. The smallest absolute Gasteiger partial charge is 0.00583 e. The summed E-state index contributed by atoms with van der Waals surface area (Å²) in [5.74, 6) is 0.589. The van der Waals surface area contributed by atoms with Gasteiger partial charge >= 0.3 is 0 Å². The zero-order valence-electron chi connectivity index (χ0n) is 7.90. The Kier molecular flexibility index (Phi) is 2.31. The fourth-order valence-corrected chi connectivity index (χ4v) is 1.81. The maximum Gasteiger partial charge on any atom is 0.00583 e. The Labute approximate surface area is 79.6 Å². The average Bonchev–Trinajstić information content (AvgIpc) is 2.20. The summed E-state index contributed by atoms with van der Waals surface area (Å²) in [4.78, 5) is 0. The summed E-state index contributed by atoms with van der Waals surface area (Å²) in [7, 11) is 0.